The third kappa shape index (κ3) is 2.28. The molecule has 0 atom stereocenters. The van der Waals surface area contributed by atoms with Gasteiger partial charge in [0, 0.05) is 13.2 Å². The van der Waals surface area contributed by atoms with Crippen molar-refractivity contribution in [2.45, 2.75) is 6.42 Å². The Bertz CT molecular complexity index is 165. The Morgan fingerprint density at radius 1 is 1.70 bits per heavy atom. The highest BCUT2D eigenvalue weighted by molar-refractivity contribution is 7.13. The Morgan fingerprint density at radius 2 is 2.60 bits per heavy atom. The fraction of sp³-hybridized carbons (Fsp3) is 0.600. The molecule has 0 bridgehead atoms. The predicted molar refractivity (Wildman–Crippen MR) is 40.1 cm³/mol. The summed E-state index contributed by atoms with van der Waals surface area (Å²) >= 11 is 1.46. The number of aliphatic hydroxyl groups is 1. The largest absolute Gasteiger partial charge is 0.396 e. The lowest BCUT2D eigenvalue weighted by atomic mass is 10.5. The smallest absolute Gasteiger partial charge is 0.205 e. The minimum absolute atomic E-state index is 0.214. The van der Waals surface area contributed by atoms with Crippen LogP contribution in [0.5, 0.6) is 0 Å². The van der Waals surface area contributed by atoms with Crippen LogP contribution in [0, 0.1) is 0 Å². The van der Waals surface area contributed by atoms with Gasteiger partial charge < -0.3 is 10.4 Å². The summed E-state index contributed by atoms with van der Waals surface area (Å²) in [4.78, 5) is 0. The molecule has 0 saturated carbocycles. The Morgan fingerprint density at radius 3 is 3.20 bits per heavy atom. The zero-order valence-electron chi connectivity index (χ0n) is 5.45. The summed E-state index contributed by atoms with van der Waals surface area (Å²) in [7, 11) is 0. The van der Waals surface area contributed by atoms with Gasteiger partial charge >= 0.3 is 0 Å². The number of nitrogens with zero attached hydrogens (tertiary/aromatic N) is 2. The molecule has 0 aliphatic rings. The van der Waals surface area contributed by atoms with Gasteiger partial charge in [0.1, 0.15) is 5.51 Å². The predicted octanol–water partition coefficient (Wildman–Crippen LogP) is 0.332. The van der Waals surface area contributed by atoms with E-state index < -0.39 is 0 Å². The van der Waals surface area contributed by atoms with Crippen LogP contribution in [0.4, 0.5) is 5.13 Å². The van der Waals surface area contributed by atoms with Crippen LogP contribution in [0.3, 0.4) is 0 Å². The Labute approximate surface area is 62.9 Å². The van der Waals surface area contributed by atoms with E-state index in [1.165, 1.54) is 11.3 Å². The van der Waals surface area contributed by atoms with E-state index in [4.69, 9.17) is 5.11 Å². The summed E-state index contributed by atoms with van der Waals surface area (Å²) in [5.41, 5.74) is 1.67. The molecule has 10 heavy (non-hydrogen) atoms. The summed E-state index contributed by atoms with van der Waals surface area (Å²) in [6.07, 6.45) is 0.750. The van der Waals surface area contributed by atoms with Crippen molar-refractivity contribution in [3.05, 3.63) is 5.51 Å². The molecule has 0 unspecified atom stereocenters. The van der Waals surface area contributed by atoms with Crippen molar-refractivity contribution in [3.8, 4) is 0 Å². The molecule has 0 fully saturated rings. The van der Waals surface area contributed by atoms with Gasteiger partial charge in [0.25, 0.3) is 0 Å². The molecule has 1 aromatic rings. The standard InChI is InChI=1S/C5H9N3OS/c9-3-1-2-6-5-8-7-4-10-5/h4,9H,1-3H2,(H,6,8). The molecule has 5 heteroatoms. The van der Waals surface area contributed by atoms with Crippen LogP contribution >= 0.6 is 11.3 Å². The second kappa shape index (κ2) is 4.19. The van der Waals surface area contributed by atoms with Crippen molar-refractivity contribution in [1.29, 1.82) is 0 Å². The summed E-state index contributed by atoms with van der Waals surface area (Å²) in [6.45, 7) is 0.970. The first-order valence-electron chi connectivity index (χ1n) is 3.04. The first kappa shape index (κ1) is 7.43. The topological polar surface area (TPSA) is 58.0 Å². The van der Waals surface area contributed by atoms with Crippen LogP contribution in [-0.2, 0) is 0 Å². The third-order valence-electron chi connectivity index (χ3n) is 0.971. The van der Waals surface area contributed by atoms with Gasteiger partial charge in [-0.2, -0.15) is 0 Å². The van der Waals surface area contributed by atoms with Gasteiger partial charge in [-0.3, -0.25) is 0 Å². The Kier molecular flexibility index (Phi) is 3.11. The monoisotopic (exact) mass is 159 g/mol. The number of anilines is 1. The number of rotatable bonds is 4. The van der Waals surface area contributed by atoms with Crippen molar-refractivity contribution in [1.82, 2.24) is 10.2 Å². The number of hydrogen-bond acceptors (Lipinski definition) is 5. The van der Waals surface area contributed by atoms with E-state index in [2.05, 4.69) is 15.5 Å². The van der Waals surface area contributed by atoms with Crippen molar-refractivity contribution in [3.63, 3.8) is 0 Å². The SMILES string of the molecule is OCCCNc1nncs1. The number of nitrogens with one attached hydrogen (secondary N) is 1. The van der Waals surface area contributed by atoms with Crippen molar-refractivity contribution in [2.75, 3.05) is 18.5 Å². The Balaban J connectivity index is 2.15. The molecule has 0 aliphatic heterocycles. The Hall–Kier alpha value is -0.680. The molecule has 4 nitrogen and oxygen atoms in total. The maximum Gasteiger partial charge on any atom is 0.205 e. The zero-order chi connectivity index (χ0) is 7.23. The molecule has 1 heterocycles. The molecule has 1 rings (SSSR count). The summed E-state index contributed by atoms with van der Waals surface area (Å²) in [6, 6.07) is 0. The van der Waals surface area contributed by atoms with Gasteiger partial charge in [-0.05, 0) is 6.42 Å². The molecule has 1 aromatic heterocycles. The lowest BCUT2D eigenvalue weighted by Crippen LogP contribution is -2.02. The minimum Gasteiger partial charge on any atom is -0.396 e. The van der Waals surface area contributed by atoms with E-state index in [-0.39, 0.29) is 6.61 Å². The zero-order valence-corrected chi connectivity index (χ0v) is 6.27. The normalized spacial score (nSPS) is 9.70. The van der Waals surface area contributed by atoms with E-state index in [1.54, 1.807) is 5.51 Å². The maximum atomic E-state index is 8.42. The van der Waals surface area contributed by atoms with E-state index in [0.29, 0.717) is 0 Å². The number of aliphatic hydroxyl groups excluding tert-OH is 1. The molecule has 0 spiro atoms. The average Bonchev–Trinajstić information content (AvgIpc) is 2.41. The van der Waals surface area contributed by atoms with Crippen LogP contribution in [0.2, 0.25) is 0 Å². The molecule has 0 amide bonds. The number of aromatic nitrogens is 2. The van der Waals surface area contributed by atoms with Gasteiger partial charge in [-0.25, -0.2) is 0 Å². The molecule has 0 aliphatic carbocycles. The highest BCUT2D eigenvalue weighted by Gasteiger charge is 1.91. The highest BCUT2D eigenvalue weighted by atomic mass is 32.1. The molecule has 0 aromatic carbocycles. The second-order valence-corrected chi connectivity index (χ2v) is 2.58. The number of hydrogen-bond donors (Lipinski definition) is 2. The molecule has 2 N–H and O–H groups in total. The van der Waals surface area contributed by atoms with Crippen LogP contribution in [0.25, 0.3) is 0 Å². The molecular weight excluding hydrogens is 150 g/mol. The fourth-order valence-corrected chi connectivity index (χ4v) is 0.998. The van der Waals surface area contributed by atoms with Crippen LogP contribution in [-0.4, -0.2) is 28.5 Å². The quantitative estimate of drug-likeness (QED) is 0.622. The van der Waals surface area contributed by atoms with Crippen LogP contribution in [0.15, 0.2) is 5.51 Å². The van der Waals surface area contributed by atoms with Gasteiger partial charge in [-0.15, -0.1) is 10.2 Å². The van der Waals surface area contributed by atoms with Crippen molar-refractivity contribution < 1.29 is 5.11 Å². The van der Waals surface area contributed by atoms with E-state index in [1.807, 2.05) is 0 Å². The minimum atomic E-state index is 0.214. The molecule has 56 valence electrons. The van der Waals surface area contributed by atoms with E-state index in [0.717, 1.165) is 18.1 Å². The summed E-state index contributed by atoms with van der Waals surface area (Å²) in [5, 5.41) is 19.7. The van der Waals surface area contributed by atoms with Crippen molar-refractivity contribution in [2.24, 2.45) is 0 Å². The van der Waals surface area contributed by atoms with Gasteiger partial charge in [-0.1, -0.05) is 11.3 Å². The first-order chi connectivity index (χ1) is 4.93. The maximum absolute atomic E-state index is 8.42. The van der Waals surface area contributed by atoms with E-state index in [9.17, 15) is 0 Å². The third-order valence-corrected chi connectivity index (χ3v) is 1.62. The van der Waals surface area contributed by atoms with Crippen LogP contribution < -0.4 is 5.32 Å². The summed E-state index contributed by atoms with van der Waals surface area (Å²) < 4.78 is 0. The molecule has 0 saturated heterocycles. The van der Waals surface area contributed by atoms with Crippen LogP contribution in [0.1, 0.15) is 6.42 Å². The summed E-state index contributed by atoms with van der Waals surface area (Å²) in [5.74, 6) is 0. The van der Waals surface area contributed by atoms with Gasteiger partial charge in [0.05, 0.1) is 0 Å². The lowest BCUT2D eigenvalue weighted by molar-refractivity contribution is 0.292. The van der Waals surface area contributed by atoms with Gasteiger partial charge in [0.15, 0.2) is 0 Å². The first-order valence-corrected chi connectivity index (χ1v) is 3.92. The van der Waals surface area contributed by atoms with E-state index >= 15 is 0 Å². The fourth-order valence-electron chi connectivity index (χ4n) is 0.524. The second-order valence-electron chi connectivity index (χ2n) is 1.75. The van der Waals surface area contributed by atoms with Crippen molar-refractivity contribution >= 4 is 16.5 Å². The average molecular weight is 159 g/mol. The van der Waals surface area contributed by atoms with Gasteiger partial charge in [0.2, 0.25) is 5.13 Å². The lowest BCUT2D eigenvalue weighted by Gasteiger charge is -1.96. The molecular formula is C5H9N3OS. The highest BCUT2D eigenvalue weighted by Crippen LogP contribution is 2.06. The molecule has 0 radical (unpaired) electrons.